The van der Waals surface area contributed by atoms with Crippen LogP contribution in [0.4, 0.5) is 5.82 Å². The molecule has 1 aliphatic rings. The molecule has 15 heavy (non-hydrogen) atoms. The van der Waals surface area contributed by atoms with Crippen LogP contribution in [0, 0.1) is 12.8 Å². The third-order valence-corrected chi connectivity index (χ3v) is 2.96. The first-order valence-electron chi connectivity index (χ1n) is 5.47. The Kier molecular flexibility index (Phi) is 3.16. The van der Waals surface area contributed by atoms with Gasteiger partial charge in [0.1, 0.15) is 5.82 Å². The van der Waals surface area contributed by atoms with Gasteiger partial charge >= 0.3 is 0 Å². The van der Waals surface area contributed by atoms with E-state index in [1.165, 1.54) is 0 Å². The first-order valence-corrected chi connectivity index (χ1v) is 5.47. The Labute approximate surface area is 89.7 Å². The summed E-state index contributed by atoms with van der Waals surface area (Å²) in [4.78, 5) is 0. The van der Waals surface area contributed by atoms with Crippen molar-refractivity contribution in [3.8, 4) is 0 Å². The lowest BCUT2D eigenvalue weighted by Crippen LogP contribution is -2.22. The van der Waals surface area contributed by atoms with Crippen LogP contribution in [-0.2, 0) is 0 Å². The zero-order chi connectivity index (χ0) is 10.7. The monoisotopic (exact) mass is 207 g/mol. The van der Waals surface area contributed by atoms with Gasteiger partial charge in [0.2, 0.25) is 0 Å². The van der Waals surface area contributed by atoms with Crippen molar-refractivity contribution in [1.82, 2.24) is 10.2 Å². The average molecular weight is 207 g/mol. The highest BCUT2D eigenvalue weighted by Gasteiger charge is 2.24. The molecule has 2 rings (SSSR count). The summed E-state index contributed by atoms with van der Waals surface area (Å²) in [5.74, 6) is 1.17. The van der Waals surface area contributed by atoms with Crippen LogP contribution in [0.15, 0.2) is 12.3 Å². The Hall–Kier alpha value is -1.16. The van der Waals surface area contributed by atoms with Crippen LogP contribution in [0.5, 0.6) is 0 Å². The first kappa shape index (κ1) is 10.4. The molecule has 1 aromatic heterocycles. The van der Waals surface area contributed by atoms with E-state index in [2.05, 4.69) is 15.5 Å². The van der Waals surface area contributed by atoms with Crippen molar-refractivity contribution in [2.75, 3.05) is 11.9 Å². The smallest absolute Gasteiger partial charge is 0.148 e. The molecule has 2 atom stereocenters. The molecular formula is C11H17N3O. The maximum Gasteiger partial charge on any atom is 0.148 e. The average Bonchev–Trinajstić information content (AvgIpc) is 2.61. The second-order valence-corrected chi connectivity index (χ2v) is 4.26. The summed E-state index contributed by atoms with van der Waals surface area (Å²) in [5, 5.41) is 20.7. The highest BCUT2D eigenvalue weighted by atomic mass is 16.3. The number of aryl methyl sites for hydroxylation is 1. The number of hydrogen-bond donors (Lipinski definition) is 2. The van der Waals surface area contributed by atoms with Gasteiger partial charge in [0.25, 0.3) is 0 Å². The second kappa shape index (κ2) is 4.57. The maximum atomic E-state index is 9.65. The number of nitrogens with zero attached hydrogens (tertiary/aromatic N) is 2. The molecule has 4 heteroatoms. The standard InChI is InChI=1S/C11H17N3O/c1-8-5-11(14-13-6-8)12-7-9-3-2-4-10(9)15/h5-6,9-10,15H,2-4,7H2,1H3,(H,12,14). The molecule has 2 N–H and O–H groups in total. The summed E-state index contributed by atoms with van der Waals surface area (Å²) in [7, 11) is 0. The first-order chi connectivity index (χ1) is 7.25. The lowest BCUT2D eigenvalue weighted by Gasteiger charge is -2.15. The Morgan fingerprint density at radius 2 is 2.40 bits per heavy atom. The molecule has 1 aliphatic carbocycles. The van der Waals surface area contributed by atoms with Gasteiger partial charge in [-0.3, -0.25) is 0 Å². The third-order valence-electron chi connectivity index (χ3n) is 2.96. The molecule has 0 aromatic carbocycles. The molecule has 0 aliphatic heterocycles. The number of rotatable bonds is 3. The van der Waals surface area contributed by atoms with E-state index in [-0.39, 0.29) is 6.10 Å². The molecule has 1 fully saturated rings. The lowest BCUT2D eigenvalue weighted by atomic mass is 10.1. The van der Waals surface area contributed by atoms with Gasteiger partial charge in [-0.2, -0.15) is 5.10 Å². The van der Waals surface area contributed by atoms with Crippen LogP contribution in [0.3, 0.4) is 0 Å². The summed E-state index contributed by atoms with van der Waals surface area (Å²) in [6.07, 6.45) is 4.76. The van der Waals surface area contributed by atoms with Crippen LogP contribution in [0.25, 0.3) is 0 Å². The van der Waals surface area contributed by atoms with Crippen LogP contribution in [-0.4, -0.2) is 28.0 Å². The van der Waals surface area contributed by atoms with Gasteiger partial charge in [0.15, 0.2) is 0 Å². The highest BCUT2D eigenvalue weighted by Crippen LogP contribution is 2.25. The van der Waals surface area contributed by atoms with E-state index in [4.69, 9.17) is 0 Å². The van der Waals surface area contributed by atoms with Gasteiger partial charge in [0.05, 0.1) is 12.3 Å². The van der Waals surface area contributed by atoms with Gasteiger partial charge < -0.3 is 10.4 Å². The molecule has 0 saturated heterocycles. The summed E-state index contributed by atoms with van der Waals surface area (Å²) in [6, 6.07) is 1.97. The fraction of sp³-hybridized carbons (Fsp3) is 0.636. The van der Waals surface area contributed by atoms with Crippen molar-refractivity contribution >= 4 is 5.82 Å². The highest BCUT2D eigenvalue weighted by molar-refractivity contribution is 5.35. The van der Waals surface area contributed by atoms with E-state index in [0.717, 1.165) is 37.2 Å². The molecule has 82 valence electrons. The minimum atomic E-state index is -0.143. The van der Waals surface area contributed by atoms with Crippen molar-refractivity contribution in [3.05, 3.63) is 17.8 Å². The van der Waals surface area contributed by atoms with Gasteiger partial charge in [-0.25, -0.2) is 0 Å². The van der Waals surface area contributed by atoms with Gasteiger partial charge in [-0.1, -0.05) is 6.42 Å². The molecule has 0 bridgehead atoms. The lowest BCUT2D eigenvalue weighted by molar-refractivity contribution is 0.138. The summed E-state index contributed by atoms with van der Waals surface area (Å²) >= 11 is 0. The van der Waals surface area contributed by atoms with Crippen molar-refractivity contribution < 1.29 is 5.11 Å². The number of aliphatic hydroxyl groups is 1. The van der Waals surface area contributed by atoms with Gasteiger partial charge in [0, 0.05) is 12.5 Å². The SMILES string of the molecule is Cc1cnnc(NCC2CCCC2O)c1. The van der Waals surface area contributed by atoms with Crippen molar-refractivity contribution in [2.24, 2.45) is 5.92 Å². The molecule has 2 unspecified atom stereocenters. The van der Waals surface area contributed by atoms with E-state index in [0.29, 0.717) is 5.92 Å². The van der Waals surface area contributed by atoms with E-state index in [1.807, 2.05) is 13.0 Å². The van der Waals surface area contributed by atoms with Crippen molar-refractivity contribution in [1.29, 1.82) is 0 Å². The molecule has 1 heterocycles. The second-order valence-electron chi connectivity index (χ2n) is 4.26. The maximum absolute atomic E-state index is 9.65. The molecule has 0 spiro atoms. The fourth-order valence-corrected chi connectivity index (χ4v) is 2.04. The quantitative estimate of drug-likeness (QED) is 0.785. The number of nitrogens with one attached hydrogen (secondary N) is 1. The van der Waals surface area contributed by atoms with Gasteiger partial charge in [-0.15, -0.1) is 5.10 Å². The van der Waals surface area contributed by atoms with E-state index >= 15 is 0 Å². The molecule has 4 nitrogen and oxygen atoms in total. The molecule has 0 radical (unpaired) electrons. The minimum Gasteiger partial charge on any atom is -0.393 e. The minimum absolute atomic E-state index is 0.143. The number of hydrogen-bond acceptors (Lipinski definition) is 4. The molecule has 1 aromatic rings. The summed E-state index contributed by atoms with van der Waals surface area (Å²) < 4.78 is 0. The topological polar surface area (TPSA) is 58.0 Å². The number of anilines is 1. The number of aliphatic hydroxyl groups excluding tert-OH is 1. The van der Waals surface area contributed by atoms with E-state index < -0.39 is 0 Å². The molecular weight excluding hydrogens is 190 g/mol. The Balaban J connectivity index is 1.87. The largest absolute Gasteiger partial charge is 0.393 e. The Bertz CT molecular complexity index is 329. The Morgan fingerprint density at radius 1 is 1.53 bits per heavy atom. The fourth-order valence-electron chi connectivity index (χ4n) is 2.04. The zero-order valence-electron chi connectivity index (χ0n) is 8.98. The summed E-state index contributed by atoms with van der Waals surface area (Å²) in [5.41, 5.74) is 1.10. The van der Waals surface area contributed by atoms with Crippen LogP contribution in [0.2, 0.25) is 0 Å². The predicted octanol–water partition coefficient (Wildman–Crippen LogP) is 1.36. The zero-order valence-corrected chi connectivity index (χ0v) is 8.98. The summed E-state index contributed by atoms with van der Waals surface area (Å²) in [6.45, 7) is 2.78. The van der Waals surface area contributed by atoms with Gasteiger partial charge in [-0.05, 0) is 31.4 Å². The van der Waals surface area contributed by atoms with E-state index in [1.54, 1.807) is 6.20 Å². The van der Waals surface area contributed by atoms with Crippen molar-refractivity contribution in [2.45, 2.75) is 32.3 Å². The van der Waals surface area contributed by atoms with Crippen LogP contribution < -0.4 is 5.32 Å². The van der Waals surface area contributed by atoms with E-state index in [9.17, 15) is 5.11 Å². The van der Waals surface area contributed by atoms with Crippen LogP contribution >= 0.6 is 0 Å². The number of aromatic nitrogens is 2. The predicted molar refractivity (Wildman–Crippen MR) is 58.6 cm³/mol. The molecule has 0 amide bonds. The third kappa shape index (κ3) is 2.65. The normalized spacial score (nSPS) is 25.5. The van der Waals surface area contributed by atoms with Crippen LogP contribution in [0.1, 0.15) is 24.8 Å². The molecule has 1 saturated carbocycles. The van der Waals surface area contributed by atoms with Crippen molar-refractivity contribution in [3.63, 3.8) is 0 Å². The Morgan fingerprint density at radius 3 is 3.07 bits per heavy atom.